The molecule has 2 rings (SSSR count). The molecule has 2 fully saturated rings. The number of nitrogens with zero attached hydrogens (tertiary/aromatic N) is 1. The largest absolute Gasteiger partial charge is 0.469 e. The average molecular weight is 304 g/mol. The van der Waals surface area contributed by atoms with Crippen LogP contribution in [0, 0.1) is 17.8 Å². The lowest BCUT2D eigenvalue weighted by atomic mass is 9.89. The van der Waals surface area contributed by atoms with E-state index >= 15 is 0 Å². The van der Waals surface area contributed by atoms with Crippen LogP contribution in [0.4, 0.5) is 0 Å². The number of fused-ring (bicyclic) bond motifs is 2. The molecular formula is C13H24N2O4S. The minimum atomic E-state index is -3.49. The standard InChI is InChI=1S/C13H24N2O4S/c1-15(6-5-13(16)19-2)20(17,18)14-9-12-8-10-3-4-11(12)7-10/h10-12,14H,3-9H2,1-2H3. The van der Waals surface area contributed by atoms with Crippen LogP contribution in [-0.4, -0.2) is 45.9 Å². The van der Waals surface area contributed by atoms with Crippen LogP contribution < -0.4 is 4.72 Å². The van der Waals surface area contributed by atoms with E-state index in [1.54, 1.807) is 0 Å². The molecule has 0 aromatic rings. The summed E-state index contributed by atoms with van der Waals surface area (Å²) < 4.78 is 32.5. The fourth-order valence-corrected chi connectivity index (χ4v) is 4.40. The van der Waals surface area contributed by atoms with Crippen LogP contribution in [0.3, 0.4) is 0 Å². The van der Waals surface area contributed by atoms with Crippen LogP contribution in [-0.2, 0) is 19.7 Å². The van der Waals surface area contributed by atoms with Crippen molar-refractivity contribution in [2.24, 2.45) is 17.8 Å². The monoisotopic (exact) mass is 304 g/mol. The van der Waals surface area contributed by atoms with E-state index in [4.69, 9.17) is 0 Å². The topological polar surface area (TPSA) is 75.7 Å². The molecule has 2 saturated carbocycles. The Morgan fingerprint density at radius 3 is 2.65 bits per heavy atom. The van der Waals surface area contributed by atoms with E-state index in [1.165, 1.54) is 37.7 Å². The van der Waals surface area contributed by atoms with Gasteiger partial charge in [0.1, 0.15) is 0 Å². The van der Waals surface area contributed by atoms with Gasteiger partial charge in [0.2, 0.25) is 0 Å². The number of hydrogen-bond donors (Lipinski definition) is 1. The van der Waals surface area contributed by atoms with Crippen LogP contribution >= 0.6 is 0 Å². The zero-order valence-electron chi connectivity index (χ0n) is 12.2. The lowest BCUT2D eigenvalue weighted by Crippen LogP contribution is -2.42. The summed E-state index contributed by atoms with van der Waals surface area (Å²) in [6, 6.07) is 0. The van der Waals surface area contributed by atoms with Gasteiger partial charge < -0.3 is 4.74 Å². The lowest BCUT2D eigenvalue weighted by Gasteiger charge is -2.23. The van der Waals surface area contributed by atoms with E-state index in [2.05, 4.69) is 9.46 Å². The summed E-state index contributed by atoms with van der Waals surface area (Å²) in [6.45, 7) is 0.658. The molecule has 116 valence electrons. The number of carbonyl (C=O) groups is 1. The molecule has 2 aliphatic rings. The second-order valence-electron chi connectivity index (χ2n) is 5.94. The first-order valence-electron chi connectivity index (χ1n) is 7.20. The van der Waals surface area contributed by atoms with Crippen molar-refractivity contribution in [3.8, 4) is 0 Å². The number of ether oxygens (including phenoxy) is 1. The molecule has 0 spiro atoms. The Kier molecular flexibility index (Phi) is 5.04. The summed E-state index contributed by atoms with van der Waals surface area (Å²) in [5.74, 6) is 1.59. The Labute approximate surface area is 121 Å². The average Bonchev–Trinajstić information content (AvgIpc) is 3.04. The molecule has 0 radical (unpaired) electrons. The van der Waals surface area contributed by atoms with E-state index in [0.717, 1.165) is 12.3 Å². The minimum absolute atomic E-state index is 0.0715. The van der Waals surface area contributed by atoms with Gasteiger partial charge >= 0.3 is 5.97 Å². The number of nitrogens with one attached hydrogen (secondary N) is 1. The molecule has 1 N–H and O–H groups in total. The van der Waals surface area contributed by atoms with Gasteiger partial charge in [0.25, 0.3) is 10.2 Å². The maximum atomic E-state index is 12.1. The van der Waals surface area contributed by atoms with Crippen LogP contribution in [0.1, 0.15) is 32.1 Å². The number of carbonyl (C=O) groups excluding carboxylic acids is 1. The molecule has 0 aromatic carbocycles. The molecule has 0 amide bonds. The normalized spacial score (nSPS) is 29.1. The molecule has 0 heterocycles. The van der Waals surface area contributed by atoms with E-state index in [0.29, 0.717) is 18.4 Å². The summed E-state index contributed by atoms with van der Waals surface area (Å²) in [7, 11) is -0.719. The zero-order valence-corrected chi connectivity index (χ0v) is 13.0. The second kappa shape index (κ2) is 6.41. The van der Waals surface area contributed by atoms with Gasteiger partial charge in [-0.15, -0.1) is 0 Å². The van der Waals surface area contributed by atoms with Crippen LogP contribution in [0.5, 0.6) is 0 Å². The van der Waals surface area contributed by atoms with Crippen molar-refractivity contribution in [3.05, 3.63) is 0 Å². The summed E-state index contributed by atoms with van der Waals surface area (Å²) in [5.41, 5.74) is 0. The van der Waals surface area contributed by atoms with Crippen molar-refractivity contribution in [2.45, 2.75) is 32.1 Å². The van der Waals surface area contributed by atoms with Gasteiger partial charge in [-0.1, -0.05) is 6.42 Å². The molecule has 3 atom stereocenters. The van der Waals surface area contributed by atoms with Crippen LogP contribution in [0.2, 0.25) is 0 Å². The Hall–Kier alpha value is -0.660. The number of methoxy groups -OCH3 is 1. The molecule has 0 saturated heterocycles. The van der Waals surface area contributed by atoms with Crippen LogP contribution in [0.15, 0.2) is 0 Å². The molecule has 0 aromatic heterocycles. The van der Waals surface area contributed by atoms with E-state index < -0.39 is 16.2 Å². The lowest BCUT2D eigenvalue weighted by molar-refractivity contribution is -0.140. The third-order valence-electron chi connectivity index (χ3n) is 4.68. The number of hydrogen-bond acceptors (Lipinski definition) is 4. The third-order valence-corrected chi connectivity index (χ3v) is 6.22. The van der Waals surface area contributed by atoms with Gasteiger partial charge in [-0.3, -0.25) is 4.79 Å². The van der Waals surface area contributed by atoms with Crippen molar-refractivity contribution < 1.29 is 17.9 Å². The summed E-state index contributed by atoms with van der Waals surface area (Å²) in [6.07, 6.45) is 5.05. The SMILES string of the molecule is COC(=O)CCN(C)S(=O)(=O)NCC1CC2CCC1C2. The highest BCUT2D eigenvalue weighted by molar-refractivity contribution is 7.87. The first kappa shape index (κ1) is 15.7. The predicted molar refractivity (Wildman–Crippen MR) is 75.1 cm³/mol. The van der Waals surface area contributed by atoms with Gasteiger partial charge in [-0.25, -0.2) is 4.72 Å². The van der Waals surface area contributed by atoms with Gasteiger partial charge in [-0.05, 0) is 37.0 Å². The number of rotatable bonds is 7. The molecule has 0 aliphatic heterocycles. The van der Waals surface area contributed by atoms with Crippen molar-refractivity contribution in [2.75, 3.05) is 27.2 Å². The maximum absolute atomic E-state index is 12.1. The van der Waals surface area contributed by atoms with E-state index in [1.807, 2.05) is 0 Å². The summed E-state index contributed by atoms with van der Waals surface area (Å²) >= 11 is 0. The van der Waals surface area contributed by atoms with Crippen molar-refractivity contribution in [3.63, 3.8) is 0 Å². The van der Waals surface area contributed by atoms with Gasteiger partial charge in [0, 0.05) is 20.1 Å². The number of esters is 1. The Balaban J connectivity index is 1.77. The minimum Gasteiger partial charge on any atom is -0.469 e. The molecule has 20 heavy (non-hydrogen) atoms. The Bertz CT molecular complexity index is 451. The summed E-state index contributed by atoms with van der Waals surface area (Å²) in [5, 5.41) is 0. The molecule has 2 aliphatic carbocycles. The van der Waals surface area contributed by atoms with E-state index in [9.17, 15) is 13.2 Å². The van der Waals surface area contributed by atoms with E-state index in [-0.39, 0.29) is 13.0 Å². The van der Waals surface area contributed by atoms with Gasteiger partial charge in [0.05, 0.1) is 13.5 Å². The highest BCUT2D eigenvalue weighted by Crippen LogP contribution is 2.47. The highest BCUT2D eigenvalue weighted by Gasteiger charge is 2.39. The quantitative estimate of drug-likeness (QED) is 0.704. The maximum Gasteiger partial charge on any atom is 0.306 e. The van der Waals surface area contributed by atoms with Crippen molar-refractivity contribution >= 4 is 16.2 Å². The predicted octanol–water partition coefficient (Wildman–Crippen LogP) is 0.752. The highest BCUT2D eigenvalue weighted by atomic mass is 32.2. The molecule has 2 bridgehead atoms. The third kappa shape index (κ3) is 3.71. The molecule has 3 unspecified atom stereocenters. The Morgan fingerprint density at radius 1 is 1.35 bits per heavy atom. The molecular weight excluding hydrogens is 280 g/mol. The smallest absolute Gasteiger partial charge is 0.306 e. The second-order valence-corrected chi connectivity index (χ2v) is 7.80. The van der Waals surface area contributed by atoms with Crippen LogP contribution in [0.25, 0.3) is 0 Å². The van der Waals surface area contributed by atoms with Gasteiger partial charge in [-0.2, -0.15) is 12.7 Å². The summed E-state index contributed by atoms with van der Waals surface area (Å²) in [4.78, 5) is 11.0. The van der Waals surface area contributed by atoms with Gasteiger partial charge in [0.15, 0.2) is 0 Å². The first-order valence-corrected chi connectivity index (χ1v) is 8.64. The fourth-order valence-electron chi connectivity index (χ4n) is 3.42. The van der Waals surface area contributed by atoms with Crippen molar-refractivity contribution in [1.82, 2.24) is 9.03 Å². The van der Waals surface area contributed by atoms with Crippen molar-refractivity contribution in [1.29, 1.82) is 0 Å². The molecule has 7 heteroatoms. The zero-order chi connectivity index (χ0) is 14.8. The first-order chi connectivity index (χ1) is 9.42. The molecule has 6 nitrogen and oxygen atoms in total. The fraction of sp³-hybridized carbons (Fsp3) is 0.923. The Morgan fingerprint density at radius 2 is 2.10 bits per heavy atom.